The first kappa shape index (κ1) is 18.2. The molecule has 1 aliphatic heterocycles. The number of carboxylic acids is 1. The molecule has 0 amide bonds. The molecule has 122 valence electrons. The fraction of sp³-hybridized carbons (Fsp3) is 0.833. The number of hydrogen-bond donors (Lipinski definition) is 1. The maximum atomic E-state index is 10.4. The van der Waals surface area contributed by atoms with Crippen LogP contribution in [0.3, 0.4) is 0 Å². The van der Waals surface area contributed by atoms with Crippen molar-refractivity contribution in [3.8, 4) is 0 Å². The van der Waals surface area contributed by atoms with Crippen LogP contribution in [0.4, 0.5) is 0 Å². The summed E-state index contributed by atoms with van der Waals surface area (Å²) in [7, 11) is 0. The fourth-order valence-electron chi connectivity index (χ4n) is 2.65. The van der Waals surface area contributed by atoms with E-state index < -0.39 is 5.97 Å². The van der Waals surface area contributed by atoms with Crippen molar-refractivity contribution in [3.63, 3.8) is 0 Å². The van der Waals surface area contributed by atoms with Crippen LogP contribution in [0.25, 0.3) is 0 Å². The van der Waals surface area contributed by atoms with Crippen LogP contribution < -0.4 is 0 Å². The van der Waals surface area contributed by atoms with Gasteiger partial charge in [0.2, 0.25) is 0 Å². The highest BCUT2D eigenvalue weighted by molar-refractivity contribution is 5.66. The van der Waals surface area contributed by atoms with Crippen LogP contribution in [0.1, 0.15) is 84.0 Å². The van der Waals surface area contributed by atoms with Gasteiger partial charge in [0.1, 0.15) is 0 Å². The summed E-state index contributed by atoms with van der Waals surface area (Å²) in [5.41, 5.74) is 0. The molecule has 1 fully saturated rings. The van der Waals surface area contributed by atoms with E-state index in [-0.39, 0.29) is 0 Å². The minimum Gasteiger partial charge on any atom is -0.481 e. The normalized spacial score (nSPS) is 21.0. The SMILES string of the molecule is CCCCC/C=C\C[C@H]1O[C@H]1CCCCCCCC(=O)O. The van der Waals surface area contributed by atoms with E-state index in [1.807, 2.05) is 0 Å². The molecule has 1 N–H and O–H groups in total. The summed E-state index contributed by atoms with van der Waals surface area (Å²) in [5, 5.41) is 8.54. The van der Waals surface area contributed by atoms with E-state index in [1.165, 1.54) is 44.9 Å². The summed E-state index contributed by atoms with van der Waals surface area (Å²) in [6, 6.07) is 0. The number of carbonyl (C=O) groups is 1. The van der Waals surface area contributed by atoms with Gasteiger partial charge in [-0.2, -0.15) is 0 Å². The lowest BCUT2D eigenvalue weighted by Crippen LogP contribution is -1.94. The first-order valence-electron chi connectivity index (χ1n) is 8.76. The highest BCUT2D eigenvalue weighted by atomic mass is 16.6. The Hall–Kier alpha value is -0.830. The third-order valence-electron chi connectivity index (χ3n) is 4.08. The molecule has 0 aromatic heterocycles. The van der Waals surface area contributed by atoms with Gasteiger partial charge in [0, 0.05) is 6.42 Å². The second-order valence-corrected chi connectivity index (χ2v) is 6.12. The van der Waals surface area contributed by atoms with E-state index in [2.05, 4.69) is 19.1 Å². The molecular weight excluding hydrogens is 264 g/mol. The molecule has 1 heterocycles. The van der Waals surface area contributed by atoms with Gasteiger partial charge in [-0.3, -0.25) is 4.79 Å². The lowest BCUT2D eigenvalue weighted by molar-refractivity contribution is -0.137. The monoisotopic (exact) mass is 296 g/mol. The van der Waals surface area contributed by atoms with E-state index >= 15 is 0 Å². The molecule has 0 spiro atoms. The van der Waals surface area contributed by atoms with Gasteiger partial charge in [-0.25, -0.2) is 0 Å². The molecular formula is C18H32O3. The highest BCUT2D eigenvalue weighted by Crippen LogP contribution is 2.30. The van der Waals surface area contributed by atoms with Gasteiger partial charge in [-0.1, -0.05) is 57.6 Å². The smallest absolute Gasteiger partial charge is 0.303 e. The Kier molecular flexibility index (Phi) is 10.2. The number of allylic oxidation sites excluding steroid dienone is 1. The molecule has 3 heteroatoms. The second-order valence-electron chi connectivity index (χ2n) is 6.12. The van der Waals surface area contributed by atoms with Crippen LogP contribution >= 0.6 is 0 Å². The second kappa shape index (κ2) is 11.8. The maximum Gasteiger partial charge on any atom is 0.303 e. The van der Waals surface area contributed by atoms with Crippen molar-refractivity contribution in [1.29, 1.82) is 0 Å². The average Bonchev–Trinajstić information content (AvgIpc) is 3.20. The van der Waals surface area contributed by atoms with Crippen LogP contribution in [-0.2, 0) is 9.53 Å². The average molecular weight is 296 g/mol. The maximum absolute atomic E-state index is 10.4. The number of carboxylic acid groups (broad SMARTS) is 1. The molecule has 0 aromatic carbocycles. The van der Waals surface area contributed by atoms with Gasteiger partial charge in [0.25, 0.3) is 0 Å². The molecule has 2 atom stereocenters. The molecule has 0 radical (unpaired) electrons. The van der Waals surface area contributed by atoms with E-state index in [0.29, 0.717) is 18.6 Å². The Bertz CT molecular complexity index is 299. The number of hydrogen-bond acceptors (Lipinski definition) is 2. The summed E-state index contributed by atoms with van der Waals surface area (Å²) in [5.74, 6) is -0.674. The van der Waals surface area contributed by atoms with Crippen LogP contribution in [0.15, 0.2) is 12.2 Å². The zero-order valence-corrected chi connectivity index (χ0v) is 13.6. The van der Waals surface area contributed by atoms with E-state index in [0.717, 1.165) is 25.7 Å². The summed E-state index contributed by atoms with van der Waals surface area (Å²) >= 11 is 0. The highest BCUT2D eigenvalue weighted by Gasteiger charge is 2.36. The summed E-state index contributed by atoms with van der Waals surface area (Å²) < 4.78 is 5.67. The molecule has 0 aliphatic carbocycles. The zero-order chi connectivity index (χ0) is 15.3. The van der Waals surface area contributed by atoms with Crippen molar-refractivity contribution in [1.82, 2.24) is 0 Å². The van der Waals surface area contributed by atoms with Crippen LogP contribution in [0.5, 0.6) is 0 Å². The summed E-state index contributed by atoms with van der Waals surface area (Å²) in [6.07, 6.45) is 18.7. The number of rotatable bonds is 14. The minimum atomic E-state index is -0.674. The summed E-state index contributed by atoms with van der Waals surface area (Å²) in [6.45, 7) is 2.23. The topological polar surface area (TPSA) is 49.8 Å². The van der Waals surface area contributed by atoms with Gasteiger partial charge < -0.3 is 9.84 Å². The molecule has 0 aromatic rings. The van der Waals surface area contributed by atoms with E-state index in [9.17, 15) is 4.79 Å². The van der Waals surface area contributed by atoms with Crippen molar-refractivity contribution in [2.24, 2.45) is 0 Å². The Labute approximate surface area is 129 Å². The van der Waals surface area contributed by atoms with Gasteiger partial charge >= 0.3 is 5.97 Å². The number of epoxide rings is 1. The van der Waals surface area contributed by atoms with Crippen LogP contribution in [0, 0.1) is 0 Å². The van der Waals surface area contributed by atoms with Crippen molar-refractivity contribution in [2.75, 3.05) is 0 Å². The first-order chi connectivity index (χ1) is 10.2. The summed E-state index contributed by atoms with van der Waals surface area (Å²) in [4.78, 5) is 10.4. The van der Waals surface area contributed by atoms with Crippen molar-refractivity contribution in [2.45, 2.75) is 96.2 Å². The lowest BCUT2D eigenvalue weighted by Gasteiger charge is -1.99. The Morgan fingerprint density at radius 3 is 2.52 bits per heavy atom. The standard InChI is InChI=1S/C18H32O3/c1-2-3-4-5-7-10-13-16-17(21-16)14-11-8-6-9-12-15-18(19)20/h7,10,16-17H,2-6,8-9,11-15H2,1H3,(H,19,20)/b10-7-/t16-,17+/m1/s1. The van der Waals surface area contributed by atoms with Crippen molar-refractivity contribution < 1.29 is 14.6 Å². The van der Waals surface area contributed by atoms with Crippen molar-refractivity contribution in [3.05, 3.63) is 12.2 Å². The van der Waals surface area contributed by atoms with Crippen molar-refractivity contribution >= 4 is 5.97 Å². The van der Waals surface area contributed by atoms with Gasteiger partial charge in [0.05, 0.1) is 12.2 Å². The van der Waals surface area contributed by atoms with E-state index in [4.69, 9.17) is 9.84 Å². The molecule has 3 nitrogen and oxygen atoms in total. The van der Waals surface area contributed by atoms with E-state index in [1.54, 1.807) is 0 Å². The number of unbranched alkanes of at least 4 members (excludes halogenated alkanes) is 7. The molecule has 0 unspecified atom stereocenters. The molecule has 0 bridgehead atoms. The van der Waals surface area contributed by atoms with Crippen LogP contribution in [-0.4, -0.2) is 23.3 Å². The van der Waals surface area contributed by atoms with Gasteiger partial charge in [-0.15, -0.1) is 0 Å². The molecule has 21 heavy (non-hydrogen) atoms. The quantitative estimate of drug-likeness (QED) is 0.276. The Balaban J connectivity index is 1.83. The molecule has 1 rings (SSSR count). The van der Waals surface area contributed by atoms with Gasteiger partial charge in [0.15, 0.2) is 0 Å². The molecule has 1 aliphatic rings. The van der Waals surface area contributed by atoms with Crippen LogP contribution in [0.2, 0.25) is 0 Å². The first-order valence-corrected chi connectivity index (χ1v) is 8.76. The number of ether oxygens (including phenoxy) is 1. The number of aliphatic carboxylic acids is 1. The Morgan fingerprint density at radius 1 is 1.00 bits per heavy atom. The lowest BCUT2D eigenvalue weighted by atomic mass is 10.1. The zero-order valence-electron chi connectivity index (χ0n) is 13.6. The predicted octanol–water partition coefficient (Wildman–Crippen LogP) is 5.10. The molecule has 1 saturated heterocycles. The minimum absolute atomic E-state index is 0.318. The third kappa shape index (κ3) is 10.5. The molecule has 0 saturated carbocycles. The predicted molar refractivity (Wildman–Crippen MR) is 86.5 cm³/mol. The van der Waals surface area contributed by atoms with Gasteiger partial charge in [-0.05, 0) is 32.1 Å². The fourth-order valence-corrected chi connectivity index (χ4v) is 2.65. The largest absolute Gasteiger partial charge is 0.481 e. The Morgan fingerprint density at radius 2 is 1.76 bits per heavy atom. The third-order valence-corrected chi connectivity index (χ3v) is 4.08.